The molecular formula is C71H138O17P2. The van der Waals surface area contributed by atoms with Crippen LogP contribution in [0.1, 0.15) is 363 Å². The van der Waals surface area contributed by atoms with Gasteiger partial charge in [0, 0.05) is 25.7 Å². The molecule has 0 aliphatic rings. The second-order valence-electron chi connectivity index (χ2n) is 26.6. The number of hydrogen-bond acceptors (Lipinski definition) is 15. The van der Waals surface area contributed by atoms with Crippen molar-refractivity contribution < 1.29 is 80.2 Å². The minimum atomic E-state index is -4.95. The summed E-state index contributed by atoms with van der Waals surface area (Å²) >= 11 is 0. The molecule has 2 unspecified atom stereocenters. The molecule has 90 heavy (non-hydrogen) atoms. The fourth-order valence-corrected chi connectivity index (χ4v) is 12.3. The van der Waals surface area contributed by atoms with Crippen LogP contribution >= 0.6 is 15.6 Å². The number of carbonyl (C=O) groups excluding carboxylic acids is 4. The molecule has 0 fully saturated rings. The predicted octanol–water partition coefficient (Wildman–Crippen LogP) is 20.4. The maximum Gasteiger partial charge on any atom is 0.472 e. The Hall–Kier alpha value is -1.94. The third-order valence-corrected chi connectivity index (χ3v) is 18.4. The van der Waals surface area contributed by atoms with Crippen LogP contribution in [0.25, 0.3) is 0 Å². The fraction of sp³-hybridized carbons (Fsp3) is 0.944. The molecule has 19 heteroatoms. The fourth-order valence-electron chi connectivity index (χ4n) is 10.8. The zero-order valence-electron chi connectivity index (χ0n) is 58.4. The molecule has 0 aliphatic carbocycles. The van der Waals surface area contributed by atoms with E-state index in [1.165, 1.54) is 180 Å². The van der Waals surface area contributed by atoms with Gasteiger partial charge < -0.3 is 33.8 Å². The van der Waals surface area contributed by atoms with E-state index in [1.54, 1.807) is 0 Å². The average molecular weight is 1330 g/mol. The Kier molecular flexibility index (Phi) is 61.8. The van der Waals surface area contributed by atoms with Gasteiger partial charge >= 0.3 is 39.5 Å². The first-order valence-corrected chi connectivity index (χ1v) is 40.0. The third kappa shape index (κ3) is 64.8. The van der Waals surface area contributed by atoms with Crippen LogP contribution in [0, 0.1) is 11.8 Å². The Morgan fingerprint density at radius 3 is 0.756 bits per heavy atom. The molecule has 0 spiro atoms. The number of carbonyl (C=O) groups is 4. The van der Waals surface area contributed by atoms with Crippen molar-refractivity contribution in [2.24, 2.45) is 11.8 Å². The summed E-state index contributed by atoms with van der Waals surface area (Å²) in [6.07, 6.45) is 48.7. The van der Waals surface area contributed by atoms with E-state index in [9.17, 15) is 43.2 Å². The molecule has 0 aromatic heterocycles. The van der Waals surface area contributed by atoms with Gasteiger partial charge in [0.1, 0.15) is 19.3 Å². The Morgan fingerprint density at radius 1 is 0.300 bits per heavy atom. The zero-order valence-corrected chi connectivity index (χ0v) is 60.2. The largest absolute Gasteiger partial charge is 0.472 e. The molecule has 0 aromatic carbocycles. The van der Waals surface area contributed by atoms with Crippen molar-refractivity contribution in [1.29, 1.82) is 0 Å². The quantitative estimate of drug-likeness (QED) is 0.0222. The van der Waals surface area contributed by atoms with Crippen LogP contribution in [0.15, 0.2) is 0 Å². The maximum absolute atomic E-state index is 13.0. The van der Waals surface area contributed by atoms with Crippen LogP contribution in [-0.4, -0.2) is 96.7 Å². The molecule has 0 aromatic rings. The Morgan fingerprint density at radius 2 is 0.511 bits per heavy atom. The van der Waals surface area contributed by atoms with Crippen LogP contribution in [0.3, 0.4) is 0 Å². The van der Waals surface area contributed by atoms with Crippen molar-refractivity contribution in [1.82, 2.24) is 0 Å². The first-order chi connectivity index (χ1) is 43.4. The number of aliphatic hydroxyl groups is 1. The van der Waals surface area contributed by atoms with Gasteiger partial charge in [-0.2, -0.15) is 0 Å². The Labute approximate surface area is 549 Å². The molecule has 0 bridgehead atoms. The van der Waals surface area contributed by atoms with E-state index in [4.69, 9.17) is 37.0 Å². The molecule has 3 N–H and O–H groups in total. The highest BCUT2D eigenvalue weighted by Gasteiger charge is 2.30. The van der Waals surface area contributed by atoms with Crippen molar-refractivity contribution in [3.8, 4) is 0 Å². The van der Waals surface area contributed by atoms with Gasteiger partial charge in [0.05, 0.1) is 26.4 Å². The van der Waals surface area contributed by atoms with E-state index in [0.29, 0.717) is 31.6 Å². The summed E-state index contributed by atoms with van der Waals surface area (Å²) in [6, 6.07) is 0. The summed E-state index contributed by atoms with van der Waals surface area (Å²) in [6.45, 7) is 9.51. The SMILES string of the molecule is CCCCCCCCCCCCCCC(=O)OC[C@H](COP(=O)(O)OC[C@@H](O)COP(=O)(O)OC[C@@H](COC(=O)CCCCCCCCCCC)OC(=O)CCCCCCCCCC(C)C)OC(=O)CCCCCCCCCCCCCCCCCCC(C)C. The maximum atomic E-state index is 13.0. The van der Waals surface area contributed by atoms with E-state index in [0.717, 1.165) is 95.8 Å². The molecule has 5 atom stereocenters. The average Bonchev–Trinajstić information content (AvgIpc) is 3.68. The van der Waals surface area contributed by atoms with Crippen molar-refractivity contribution >= 4 is 39.5 Å². The molecule has 0 radical (unpaired) electrons. The lowest BCUT2D eigenvalue weighted by Gasteiger charge is -2.21. The summed E-state index contributed by atoms with van der Waals surface area (Å²) in [4.78, 5) is 72.5. The minimum absolute atomic E-state index is 0.104. The molecule has 17 nitrogen and oxygen atoms in total. The van der Waals surface area contributed by atoms with Gasteiger partial charge in [0.2, 0.25) is 0 Å². The molecule has 0 saturated carbocycles. The van der Waals surface area contributed by atoms with Gasteiger partial charge in [-0.05, 0) is 37.5 Å². The van der Waals surface area contributed by atoms with Crippen LogP contribution < -0.4 is 0 Å². The number of unbranched alkanes of at least 4 members (excludes halogenated alkanes) is 40. The minimum Gasteiger partial charge on any atom is -0.462 e. The van der Waals surface area contributed by atoms with Crippen LogP contribution in [0.2, 0.25) is 0 Å². The van der Waals surface area contributed by atoms with Gasteiger partial charge in [-0.25, -0.2) is 9.13 Å². The van der Waals surface area contributed by atoms with E-state index < -0.39 is 97.5 Å². The molecule has 534 valence electrons. The van der Waals surface area contributed by atoms with Crippen molar-refractivity contribution in [2.75, 3.05) is 39.6 Å². The Balaban J connectivity index is 5.19. The molecular weight excluding hydrogens is 1190 g/mol. The normalized spacial score (nSPS) is 14.1. The van der Waals surface area contributed by atoms with Gasteiger partial charge in [-0.3, -0.25) is 37.3 Å². The van der Waals surface area contributed by atoms with Crippen LogP contribution in [-0.2, 0) is 65.4 Å². The molecule has 0 heterocycles. The van der Waals surface area contributed by atoms with Crippen molar-refractivity contribution in [3.63, 3.8) is 0 Å². The number of aliphatic hydroxyl groups excluding tert-OH is 1. The molecule has 0 saturated heterocycles. The predicted molar refractivity (Wildman–Crippen MR) is 363 cm³/mol. The van der Waals surface area contributed by atoms with Crippen molar-refractivity contribution in [2.45, 2.75) is 381 Å². The third-order valence-electron chi connectivity index (χ3n) is 16.5. The first kappa shape index (κ1) is 88.1. The number of phosphoric acid groups is 2. The second kappa shape index (κ2) is 63.1. The summed E-state index contributed by atoms with van der Waals surface area (Å²) in [5, 5.41) is 10.6. The monoisotopic (exact) mass is 1320 g/mol. The van der Waals surface area contributed by atoms with E-state index in [2.05, 4.69) is 41.5 Å². The number of rotatable bonds is 70. The van der Waals surface area contributed by atoms with Gasteiger partial charge in [0.15, 0.2) is 12.2 Å². The standard InChI is InChI=1S/C71H138O17P2/c1-7-9-11-13-15-17-18-26-30-36-42-48-54-69(74)82-59-66(87-70(75)55-49-43-37-31-27-24-22-20-19-21-23-25-29-33-39-45-51-63(3)4)61-85-89(77,78)83-57-65(72)58-84-90(79,80)86-62-67(60-81-68(73)53-47-41-35-28-16-14-12-10-8-2)88-71(76)56-50-44-38-32-34-40-46-52-64(5)6/h63-67,72H,7-62H2,1-6H3,(H,77,78)(H,79,80)/t65-,66-,67-/m1/s1. The van der Waals surface area contributed by atoms with E-state index in [1.807, 2.05) is 0 Å². The van der Waals surface area contributed by atoms with Gasteiger partial charge in [0.25, 0.3) is 0 Å². The van der Waals surface area contributed by atoms with Crippen molar-refractivity contribution in [3.05, 3.63) is 0 Å². The number of ether oxygens (including phenoxy) is 4. The van der Waals surface area contributed by atoms with Crippen LogP contribution in [0.4, 0.5) is 0 Å². The zero-order chi connectivity index (χ0) is 66.5. The summed E-state index contributed by atoms with van der Waals surface area (Å²) < 4.78 is 68.2. The highest BCUT2D eigenvalue weighted by Crippen LogP contribution is 2.45. The van der Waals surface area contributed by atoms with E-state index >= 15 is 0 Å². The second-order valence-corrected chi connectivity index (χ2v) is 29.5. The summed E-state index contributed by atoms with van der Waals surface area (Å²) in [5.74, 6) is -0.620. The lowest BCUT2D eigenvalue weighted by Crippen LogP contribution is -2.30. The Bertz CT molecular complexity index is 1750. The molecule has 0 rings (SSSR count). The number of phosphoric ester groups is 2. The smallest absolute Gasteiger partial charge is 0.462 e. The lowest BCUT2D eigenvalue weighted by molar-refractivity contribution is -0.161. The van der Waals surface area contributed by atoms with Gasteiger partial charge in [-0.15, -0.1) is 0 Å². The van der Waals surface area contributed by atoms with E-state index in [-0.39, 0.29) is 25.7 Å². The number of esters is 4. The lowest BCUT2D eigenvalue weighted by atomic mass is 10.0. The van der Waals surface area contributed by atoms with Gasteiger partial charge in [-0.1, -0.05) is 311 Å². The number of hydrogen-bond donors (Lipinski definition) is 3. The first-order valence-electron chi connectivity index (χ1n) is 37.0. The molecule has 0 aliphatic heterocycles. The highest BCUT2D eigenvalue weighted by atomic mass is 31.2. The topological polar surface area (TPSA) is 237 Å². The van der Waals surface area contributed by atoms with Crippen LogP contribution in [0.5, 0.6) is 0 Å². The summed E-state index contributed by atoms with van der Waals surface area (Å²) in [7, 11) is -9.90. The summed E-state index contributed by atoms with van der Waals surface area (Å²) in [5.41, 5.74) is 0. The highest BCUT2D eigenvalue weighted by molar-refractivity contribution is 7.47. The molecule has 0 amide bonds.